The van der Waals surface area contributed by atoms with E-state index in [0.717, 1.165) is 17.4 Å². The highest BCUT2D eigenvalue weighted by Crippen LogP contribution is 2.42. The van der Waals surface area contributed by atoms with Crippen LogP contribution in [0.4, 0.5) is 13.2 Å². The molecule has 0 aromatic carbocycles. The van der Waals surface area contributed by atoms with Gasteiger partial charge in [-0.05, 0) is 11.4 Å². The van der Waals surface area contributed by atoms with Crippen molar-refractivity contribution < 1.29 is 23.1 Å². The van der Waals surface area contributed by atoms with E-state index in [4.69, 9.17) is 5.11 Å². The fraction of sp³-hybridized carbons (Fsp3) is 0.500. The van der Waals surface area contributed by atoms with Gasteiger partial charge in [0, 0.05) is 10.3 Å². The van der Waals surface area contributed by atoms with E-state index in [1.165, 1.54) is 19.2 Å². The van der Waals surface area contributed by atoms with Gasteiger partial charge in [0.15, 0.2) is 0 Å². The molecule has 0 spiro atoms. The van der Waals surface area contributed by atoms with Crippen molar-refractivity contribution in [2.45, 2.75) is 31.9 Å². The summed E-state index contributed by atoms with van der Waals surface area (Å²) in [6, 6.07) is 0.990. The van der Waals surface area contributed by atoms with Gasteiger partial charge in [0.1, 0.15) is 0 Å². The van der Waals surface area contributed by atoms with Gasteiger partial charge in [-0.2, -0.15) is 13.2 Å². The van der Waals surface area contributed by atoms with Crippen molar-refractivity contribution in [1.29, 1.82) is 0 Å². The quantitative estimate of drug-likeness (QED) is 0.893. The molecule has 0 fully saturated rings. The minimum atomic E-state index is -4.43. The molecule has 0 bridgehead atoms. The summed E-state index contributed by atoms with van der Waals surface area (Å²) in [6.07, 6.45) is -4.75. The van der Waals surface area contributed by atoms with Crippen LogP contribution in [0, 0.1) is 0 Å². The molecule has 0 aliphatic carbocycles. The molecular weight excluding hydrogens is 241 g/mol. The van der Waals surface area contributed by atoms with Crippen molar-refractivity contribution in [3.8, 4) is 0 Å². The lowest BCUT2D eigenvalue weighted by Crippen LogP contribution is -2.23. The number of rotatable bonds is 3. The van der Waals surface area contributed by atoms with Crippen molar-refractivity contribution in [2.75, 3.05) is 0 Å². The second-order valence-corrected chi connectivity index (χ2v) is 5.03. The highest BCUT2D eigenvalue weighted by Gasteiger charge is 2.39. The number of halogens is 3. The molecule has 1 N–H and O–H groups in total. The van der Waals surface area contributed by atoms with E-state index in [0.29, 0.717) is 0 Å². The van der Waals surface area contributed by atoms with E-state index in [9.17, 15) is 18.0 Å². The molecule has 16 heavy (non-hydrogen) atoms. The van der Waals surface area contributed by atoms with E-state index < -0.39 is 23.1 Å². The molecule has 90 valence electrons. The standard InChI is InChI=1S/C10H11F3O2S/c1-9(2,5-7(14)15)8-6(3-4-16-8)10(11,12)13/h3-4H,5H2,1-2H3,(H,14,15). The van der Waals surface area contributed by atoms with Crippen molar-refractivity contribution in [1.82, 2.24) is 0 Å². The summed E-state index contributed by atoms with van der Waals surface area (Å²) < 4.78 is 37.8. The molecule has 1 aromatic heterocycles. The van der Waals surface area contributed by atoms with Gasteiger partial charge >= 0.3 is 12.1 Å². The molecule has 0 unspecified atom stereocenters. The Bertz CT molecular complexity index is 393. The zero-order valence-electron chi connectivity index (χ0n) is 8.76. The van der Waals surface area contributed by atoms with E-state index in [1.807, 2.05) is 0 Å². The first-order valence-electron chi connectivity index (χ1n) is 4.51. The largest absolute Gasteiger partial charge is 0.481 e. The summed E-state index contributed by atoms with van der Waals surface area (Å²) in [5, 5.41) is 10.0. The van der Waals surface area contributed by atoms with Crippen LogP contribution >= 0.6 is 11.3 Å². The average Bonchev–Trinajstić information content (AvgIpc) is 2.46. The summed E-state index contributed by atoms with van der Waals surface area (Å²) in [7, 11) is 0. The summed E-state index contributed by atoms with van der Waals surface area (Å²) in [5.41, 5.74) is -1.74. The van der Waals surface area contributed by atoms with Crippen LogP contribution in [0.15, 0.2) is 11.4 Å². The van der Waals surface area contributed by atoms with Gasteiger partial charge in [0.25, 0.3) is 0 Å². The number of alkyl halides is 3. The van der Waals surface area contributed by atoms with Crippen LogP contribution in [-0.4, -0.2) is 11.1 Å². The number of aliphatic carboxylic acids is 1. The Morgan fingerprint density at radius 2 is 2.00 bits per heavy atom. The van der Waals surface area contributed by atoms with Gasteiger partial charge in [-0.1, -0.05) is 13.8 Å². The van der Waals surface area contributed by atoms with E-state index in [1.54, 1.807) is 0 Å². The van der Waals surface area contributed by atoms with Crippen molar-refractivity contribution in [2.24, 2.45) is 0 Å². The maximum atomic E-state index is 12.6. The highest BCUT2D eigenvalue weighted by atomic mass is 32.1. The third kappa shape index (κ3) is 2.75. The number of carboxylic acid groups (broad SMARTS) is 1. The van der Waals surface area contributed by atoms with E-state index in [-0.39, 0.29) is 11.3 Å². The number of thiophene rings is 1. The summed E-state index contributed by atoms with van der Waals surface area (Å²) in [5.74, 6) is -1.11. The topological polar surface area (TPSA) is 37.3 Å². The Labute approximate surface area is 94.7 Å². The first kappa shape index (κ1) is 13.0. The normalized spacial score (nSPS) is 12.8. The molecule has 1 heterocycles. The zero-order valence-corrected chi connectivity index (χ0v) is 9.58. The molecule has 0 radical (unpaired) electrons. The smallest absolute Gasteiger partial charge is 0.417 e. The van der Waals surface area contributed by atoms with Crippen molar-refractivity contribution >= 4 is 17.3 Å². The van der Waals surface area contributed by atoms with Gasteiger partial charge in [-0.25, -0.2) is 0 Å². The molecule has 0 saturated carbocycles. The maximum Gasteiger partial charge on any atom is 0.417 e. The maximum absolute atomic E-state index is 12.6. The highest BCUT2D eigenvalue weighted by molar-refractivity contribution is 7.10. The number of hydrogen-bond donors (Lipinski definition) is 1. The van der Waals surface area contributed by atoms with Crippen LogP contribution in [0.25, 0.3) is 0 Å². The molecule has 1 aromatic rings. The Morgan fingerprint density at radius 1 is 1.44 bits per heavy atom. The average molecular weight is 252 g/mol. The molecule has 1 rings (SSSR count). The Kier molecular flexibility index (Phi) is 3.33. The summed E-state index contributed by atoms with van der Waals surface area (Å²) in [6.45, 7) is 3.00. The monoisotopic (exact) mass is 252 g/mol. The first-order chi connectivity index (χ1) is 7.14. The summed E-state index contributed by atoms with van der Waals surface area (Å²) in [4.78, 5) is 10.7. The second-order valence-electron chi connectivity index (χ2n) is 4.12. The molecular formula is C10H11F3O2S. The Hall–Kier alpha value is -1.04. The third-order valence-corrected chi connectivity index (χ3v) is 3.46. The lowest BCUT2D eigenvalue weighted by atomic mass is 9.85. The fourth-order valence-electron chi connectivity index (χ4n) is 1.51. The predicted octanol–water partition coefficient (Wildman–Crippen LogP) is 3.52. The molecule has 0 aliphatic heterocycles. The van der Waals surface area contributed by atoms with Crippen molar-refractivity contribution in [3.05, 3.63) is 21.9 Å². The van der Waals surface area contributed by atoms with E-state index >= 15 is 0 Å². The molecule has 6 heteroatoms. The van der Waals surface area contributed by atoms with Crippen LogP contribution in [0.5, 0.6) is 0 Å². The van der Waals surface area contributed by atoms with E-state index in [2.05, 4.69) is 0 Å². The van der Waals surface area contributed by atoms with Gasteiger partial charge in [0.2, 0.25) is 0 Å². The Balaban J connectivity index is 3.14. The number of carboxylic acids is 1. The second kappa shape index (κ2) is 4.08. The SMILES string of the molecule is CC(C)(CC(=O)O)c1sccc1C(F)(F)F. The first-order valence-corrected chi connectivity index (χ1v) is 5.39. The van der Waals surface area contributed by atoms with Crippen LogP contribution in [0.2, 0.25) is 0 Å². The predicted molar refractivity (Wildman–Crippen MR) is 54.6 cm³/mol. The van der Waals surface area contributed by atoms with Crippen LogP contribution in [-0.2, 0) is 16.4 Å². The lowest BCUT2D eigenvalue weighted by Gasteiger charge is -2.23. The lowest BCUT2D eigenvalue weighted by molar-refractivity contribution is -0.141. The van der Waals surface area contributed by atoms with Gasteiger partial charge in [0.05, 0.1) is 12.0 Å². The van der Waals surface area contributed by atoms with Gasteiger partial charge in [-0.3, -0.25) is 4.79 Å². The molecule has 0 amide bonds. The molecule has 0 atom stereocenters. The van der Waals surface area contributed by atoms with Crippen LogP contribution < -0.4 is 0 Å². The Morgan fingerprint density at radius 3 is 2.44 bits per heavy atom. The van der Waals surface area contributed by atoms with Gasteiger partial charge < -0.3 is 5.11 Å². The number of carbonyl (C=O) groups is 1. The van der Waals surface area contributed by atoms with Gasteiger partial charge in [-0.15, -0.1) is 11.3 Å². The number of hydrogen-bond acceptors (Lipinski definition) is 2. The third-order valence-electron chi connectivity index (χ3n) is 2.18. The minimum Gasteiger partial charge on any atom is -0.481 e. The van der Waals surface area contributed by atoms with Crippen LogP contribution in [0.1, 0.15) is 30.7 Å². The molecule has 2 nitrogen and oxygen atoms in total. The minimum absolute atomic E-state index is 0.0717. The zero-order chi connectivity index (χ0) is 12.6. The van der Waals surface area contributed by atoms with Crippen LogP contribution in [0.3, 0.4) is 0 Å². The van der Waals surface area contributed by atoms with Crippen molar-refractivity contribution in [3.63, 3.8) is 0 Å². The summed E-state index contributed by atoms with van der Waals surface area (Å²) >= 11 is 0.942. The molecule has 0 saturated heterocycles. The fourth-order valence-corrected chi connectivity index (χ4v) is 2.56. The molecule has 0 aliphatic rings.